The maximum atomic E-state index is 12.9. The molecule has 0 bridgehead atoms. The van der Waals surface area contributed by atoms with E-state index in [-0.39, 0.29) is 31.1 Å². The predicted molar refractivity (Wildman–Crippen MR) is 334 cm³/mol. The number of carbonyl (C=O) groups excluding carboxylic acids is 3. The van der Waals surface area contributed by atoms with Crippen LogP contribution in [0.4, 0.5) is 0 Å². The monoisotopic (exact) mass is 1070 g/mol. The Balaban J connectivity index is 4.43. The molecule has 1 atom stereocenters. The van der Waals surface area contributed by atoms with Gasteiger partial charge < -0.3 is 14.2 Å². The molecule has 0 rings (SSSR count). The van der Waals surface area contributed by atoms with Gasteiger partial charge in [-0.25, -0.2) is 0 Å². The number of esters is 3. The standard InChI is InChI=1S/C71H122O6/c1-4-7-10-13-16-19-22-25-28-31-34-35-38-40-43-46-49-52-55-58-61-64-70(73)76-67-68(77-71(74)65-62-59-56-53-50-47-44-41-37-33-30-27-24-21-18-15-12-9-6-3)66-75-69(72)63-60-57-54-51-48-45-42-39-36-32-29-26-23-20-17-14-11-8-5-2/h7,10,16,18-19,21,25-30,34-35,40,43,68H,4-6,8-9,11-15,17,20,22-24,31-33,36-39,41-42,44-67H2,1-3H3/b10-7-,19-16-,21-18-,28-25-,29-26-,30-27-,35-34-,43-40-. The van der Waals surface area contributed by atoms with Crippen LogP contribution in [0.2, 0.25) is 0 Å². The molecule has 0 aromatic carbocycles. The van der Waals surface area contributed by atoms with Crippen molar-refractivity contribution in [2.45, 2.75) is 322 Å². The number of unbranched alkanes of at least 4 members (excludes halogenated alkanes) is 32. The first-order chi connectivity index (χ1) is 38.0. The lowest BCUT2D eigenvalue weighted by Gasteiger charge is -2.18. The maximum absolute atomic E-state index is 12.9. The summed E-state index contributed by atoms with van der Waals surface area (Å²) in [5.41, 5.74) is 0. The molecule has 442 valence electrons. The van der Waals surface area contributed by atoms with E-state index in [1.54, 1.807) is 0 Å². The number of allylic oxidation sites excluding steroid dienone is 16. The summed E-state index contributed by atoms with van der Waals surface area (Å²) >= 11 is 0. The molecule has 0 saturated carbocycles. The van der Waals surface area contributed by atoms with Crippen LogP contribution in [0.1, 0.15) is 316 Å². The first-order valence-electron chi connectivity index (χ1n) is 32.7. The molecule has 0 spiro atoms. The van der Waals surface area contributed by atoms with Gasteiger partial charge in [0.1, 0.15) is 13.2 Å². The molecule has 6 nitrogen and oxygen atoms in total. The molecule has 0 aliphatic heterocycles. The van der Waals surface area contributed by atoms with E-state index in [9.17, 15) is 14.4 Å². The fraction of sp³-hybridized carbons (Fsp3) is 0.732. The van der Waals surface area contributed by atoms with Crippen molar-refractivity contribution in [2.24, 2.45) is 0 Å². The molecule has 0 aliphatic rings. The van der Waals surface area contributed by atoms with E-state index in [0.717, 1.165) is 116 Å². The SMILES string of the molecule is CC/C=C\C/C=C\C/C=C\C/C=C\C/C=C\CCCCCCCC(=O)OCC(COC(=O)CCCCCCCCCCC/C=C\CCCCCCCC)OC(=O)CCCCCCCCCCC/C=C\C/C=C\CCCCC. The lowest BCUT2D eigenvalue weighted by atomic mass is 10.1. The molecule has 0 N–H and O–H groups in total. The van der Waals surface area contributed by atoms with Gasteiger partial charge in [-0.15, -0.1) is 0 Å². The minimum Gasteiger partial charge on any atom is -0.462 e. The Morgan fingerprint density at radius 1 is 0.273 bits per heavy atom. The molecule has 0 amide bonds. The van der Waals surface area contributed by atoms with Crippen LogP contribution in [0.15, 0.2) is 97.2 Å². The molecule has 1 unspecified atom stereocenters. The van der Waals surface area contributed by atoms with Crippen molar-refractivity contribution >= 4 is 17.9 Å². The summed E-state index contributed by atoms with van der Waals surface area (Å²) < 4.78 is 16.9. The van der Waals surface area contributed by atoms with Gasteiger partial charge in [0.2, 0.25) is 0 Å². The number of rotatable bonds is 59. The molecular formula is C71H122O6. The average molecular weight is 1070 g/mol. The van der Waals surface area contributed by atoms with Crippen LogP contribution < -0.4 is 0 Å². The molecule has 0 fully saturated rings. The van der Waals surface area contributed by atoms with Gasteiger partial charge in [-0.2, -0.15) is 0 Å². The van der Waals surface area contributed by atoms with Crippen LogP contribution in [0.5, 0.6) is 0 Å². The van der Waals surface area contributed by atoms with Gasteiger partial charge >= 0.3 is 17.9 Å². The highest BCUT2D eigenvalue weighted by Gasteiger charge is 2.19. The summed E-state index contributed by atoms with van der Waals surface area (Å²) in [5.74, 6) is -0.900. The highest BCUT2D eigenvalue weighted by molar-refractivity contribution is 5.71. The third-order valence-corrected chi connectivity index (χ3v) is 14.0. The Morgan fingerprint density at radius 3 is 0.831 bits per heavy atom. The van der Waals surface area contributed by atoms with Crippen molar-refractivity contribution < 1.29 is 28.6 Å². The largest absolute Gasteiger partial charge is 0.462 e. The maximum Gasteiger partial charge on any atom is 0.306 e. The molecule has 6 heteroatoms. The molecule has 0 radical (unpaired) electrons. The van der Waals surface area contributed by atoms with Crippen LogP contribution >= 0.6 is 0 Å². The van der Waals surface area contributed by atoms with Crippen molar-refractivity contribution in [1.29, 1.82) is 0 Å². The second-order valence-corrected chi connectivity index (χ2v) is 21.6. The Labute approximate surface area is 477 Å². The molecule has 0 heterocycles. The van der Waals surface area contributed by atoms with Gasteiger partial charge in [-0.3, -0.25) is 14.4 Å². The fourth-order valence-corrected chi connectivity index (χ4v) is 9.14. The number of hydrogen-bond acceptors (Lipinski definition) is 6. The summed E-state index contributed by atoms with van der Waals surface area (Å²) in [5, 5.41) is 0. The Morgan fingerprint density at radius 2 is 0.506 bits per heavy atom. The number of carbonyl (C=O) groups is 3. The second kappa shape index (κ2) is 64.9. The van der Waals surface area contributed by atoms with Gasteiger partial charge in [0.05, 0.1) is 0 Å². The lowest BCUT2D eigenvalue weighted by Crippen LogP contribution is -2.30. The van der Waals surface area contributed by atoms with Crippen molar-refractivity contribution in [1.82, 2.24) is 0 Å². The highest BCUT2D eigenvalue weighted by Crippen LogP contribution is 2.16. The van der Waals surface area contributed by atoms with Crippen molar-refractivity contribution in [3.63, 3.8) is 0 Å². The highest BCUT2D eigenvalue weighted by atomic mass is 16.6. The van der Waals surface area contributed by atoms with E-state index in [0.29, 0.717) is 19.3 Å². The van der Waals surface area contributed by atoms with Gasteiger partial charge in [-0.05, 0) is 122 Å². The summed E-state index contributed by atoms with van der Waals surface area (Å²) in [6.45, 7) is 6.51. The zero-order valence-electron chi connectivity index (χ0n) is 50.7. The molecule has 0 aromatic rings. The van der Waals surface area contributed by atoms with E-state index in [2.05, 4.69) is 118 Å². The lowest BCUT2D eigenvalue weighted by molar-refractivity contribution is -0.167. The topological polar surface area (TPSA) is 78.9 Å². The van der Waals surface area contributed by atoms with Crippen LogP contribution in [0, 0.1) is 0 Å². The second-order valence-electron chi connectivity index (χ2n) is 21.6. The van der Waals surface area contributed by atoms with Crippen molar-refractivity contribution in [3.8, 4) is 0 Å². The third-order valence-electron chi connectivity index (χ3n) is 14.0. The molecular weight excluding hydrogens is 949 g/mol. The van der Waals surface area contributed by atoms with Crippen LogP contribution in [0.3, 0.4) is 0 Å². The van der Waals surface area contributed by atoms with E-state index < -0.39 is 6.10 Å². The molecule has 0 saturated heterocycles. The minimum absolute atomic E-state index is 0.0858. The third kappa shape index (κ3) is 63.0. The predicted octanol–water partition coefficient (Wildman–Crippen LogP) is 22.4. The smallest absolute Gasteiger partial charge is 0.306 e. The van der Waals surface area contributed by atoms with E-state index in [4.69, 9.17) is 14.2 Å². The Hall–Kier alpha value is -3.67. The van der Waals surface area contributed by atoms with Crippen molar-refractivity contribution in [3.05, 3.63) is 97.2 Å². The summed E-state index contributed by atoms with van der Waals surface area (Å²) in [6.07, 6.45) is 86.9. The average Bonchev–Trinajstić information content (AvgIpc) is 3.43. The van der Waals surface area contributed by atoms with E-state index >= 15 is 0 Å². The number of hydrogen-bond donors (Lipinski definition) is 0. The fourth-order valence-electron chi connectivity index (χ4n) is 9.14. The van der Waals surface area contributed by atoms with Gasteiger partial charge in [0, 0.05) is 19.3 Å². The first-order valence-corrected chi connectivity index (χ1v) is 32.7. The minimum atomic E-state index is -0.792. The van der Waals surface area contributed by atoms with Gasteiger partial charge in [0.25, 0.3) is 0 Å². The van der Waals surface area contributed by atoms with Gasteiger partial charge in [-0.1, -0.05) is 272 Å². The van der Waals surface area contributed by atoms with Gasteiger partial charge in [0.15, 0.2) is 6.10 Å². The summed E-state index contributed by atoms with van der Waals surface area (Å²) in [7, 11) is 0. The summed E-state index contributed by atoms with van der Waals surface area (Å²) in [6, 6.07) is 0. The Bertz CT molecular complexity index is 1510. The number of ether oxygens (including phenoxy) is 3. The van der Waals surface area contributed by atoms with Crippen molar-refractivity contribution in [2.75, 3.05) is 13.2 Å². The molecule has 0 aliphatic carbocycles. The van der Waals surface area contributed by atoms with E-state index in [1.807, 2.05) is 0 Å². The Kier molecular flexibility index (Phi) is 61.8. The molecule has 77 heavy (non-hydrogen) atoms. The quantitative estimate of drug-likeness (QED) is 0.0261. The normalized spacial score (nSPS) is 12.7. The van der Waals surface area contributed by atoms with Crippen LogP contribution in [-0.2, 0) is 28.6 Å². The summed E-state index contributed by atoms with van der Waals surface area (Å²) in [4.78, 5) is 38.4. The van der Waals surface area contributed by atoms with Crippen LogP contribution in [-0.4, -0.2) is 37.2 Å². The van der Waals surface area contributed by atoms with Crippen LogP contribution in [0.25, 0.3) is 0 Å². The first kappa shape index (κ1) is 73.3. The zero-order chi connectivity index (χ0) is 55.7. The zero-order valence-corrected chi connectivity index (χ0v) is 50.7. The van der Waals surface area contributed by atoms with E-state index in [1.165, 1.54) is 161 Å². The molecule has 0 aromatic heterocycles.